The first-order chi connectivity index (χ1) is 8.70. The Morgan fingerprint density at radius 2 is 2.17 bits per heavy atom. The fourth-order valence-electron chi connectivity index (χ4n) is 2.11. The largest absolute Gasteiger partial charge is 0.313 e. The lowest BCUT2D eigenvalue weighted by Gasteiger charge is -2.17. The quantitative estimate of drug-likeness (QED) is 0.843. The van der Waals surface area contributed by atoms with Gasteiger partial charge in [0.25, 0.3) is 0 Å². The Labute approximate surface area is 118 Å². The van der Waals surface area contributed by atoms with Crippen LogP contribution in [0.25, 0.3) is 0 Å². The first kappa shape index (κ1) is 13.6. The van der Waals surface area contributed by atoms with Crippen molar-refractivity contribution in [1.29, 1.82) is 0 Å². The van der Waals surface area contributed by atoms with Gasteiger partial charge in [-0.05, 0) is 66.4 Å². The molecular formula is C15H18ClNS. The summed E-state index contributed by atoms with van der Waals surface area (Å²) >= 11 is 7.83. The van der Waals surface area contributed by atoms with Crippen LogP contribution in [0.4, 0.5) is 0 Å². The number of thiophene rings is 1. The van der Waals surface area contributed by atoms with Gasteiger partial charge in [-0.1, -0.05) is 23.7 Å². The molecular weight excluding hydrogens is 262 g/mol. The number of hydrogen-bond donors (Lipinski definition) is 1. The van der Waals surface area contributed by atoms with E-state index < -0.39 is 0 Å². The minimum Gasteiger partial charge on any atom is -0.313 e. The zero-order valence-electron chi connectivity index (χ0n) is 10.7. The highest BCUT2D eigenvalue weighted by Gasteiger charge is 2.10. The smallest absolute Gasteiger partial charge is 0.0435 e. The lowest BCUT2D eigenvalue weighted by molar-refractivity contribution is 0.549. The molecule has 1 nitrogen and oxygen atoms in total. The number of halogens is 1. The molecule has 0 saturated heterocycles. The van der Waals surface area contributed by atoms with Gasteiger partial charge >= 0.3 is 0 Å². The van der Waals surface area contributed by atoms with Crippen LogP contribution in [-0.4, -0.2) is 7.05 Å². The molecule has 1 aromatic carbocycles. The summed E-state index contributed by atoms with van der Waals surface area (Å²) in [7, 11) is 2.02. The molecule has 0 amide bonds. The molecule has 18 heavy (non-hydrogen) atoms. The summed E-state index contributed by atoms with van der Waals surface area (Å²) in [5, 5.41) is 8.58. The van der Waals surface area contributed by atoms with Crippen LogP contribution in [0.1, 0.15) is 29.2 Å². The van der Waals surface area contributed by atoms with Gasteiger partial charge in [0.05, 0.1) is 0 Å². The number of aryl methyl sites for hydroxylation is 2. The van der Waals surface area contributed by atoms with E-state index in [9.17, 15) is 0 Å². The minimum atomic E-state index is 0.390. The molecule has 0 spiro atoms. The highest BCUT2D eigenvalue weighted by Crippen LogP contribution is 2.24. The predicted molar refractivity (Wildman–Crippen MR) is 80.6 cm³/mol. The van der Waals surface area contributed by atoms with E-state index in [0.29, 0.717) is 6.04 Å². The fraction of sp³-hybridized carbons (Fsp3) is 0.333. The van der Waals surface area contributed by atoms with Gasteiger partial charge < -0.3 is 5.32 Å². The maximum absolute atomic E-state index is 6.07. The van der Waals surface area contributed by atoms with E-state index >= 15 is 0 Å². The SMILES string of the molecule is CNC(CCc1ccsc1)c1ccc(Cl)c(C)c1. The van der Waals surface area contributed by atoms with Crippen molar-refractivity contribution in [1.82, 2.24) is 5.32 Å². The van der Waals surface area contributed by atoms with E-state index in [2.05, 4.69) is 41.2 Å². The van der Waals surface area contributed by atoms with Crippen molar-refractivity contribution in [3.8, 4) is 0 Å². The molecule has 0 aliphatic heterocycles. The van der Waals surface area contributed by atoms with Gasteiger partial charge in [-0.2, -0.15) is 11.3 Å². The molecule has 2 aromatic rings. The van der Waals surface area contributed by atoms with Gasteiger partial charge in [-0.15, -0.1) is 0 Å². The summed E-state index contributed by atoms with van der Waals surface area (Å²) in [6, 6.07) is 8.87. The highest BCUT2D eigenvalue weighted by molar-refractivity contribution is 7.07. The van der Waals surface area contributed by atoms with Gasteiger partial charge in [-0.3, -0.25) is 0 Å². The van der Waals surface area contributed by atoms with Gasteiger partial charge in [0, 0.05) is 11.1 Å². The van der Waals surface area contributed by atoms with Crippen LogP contribution >= 0.6 is 22.9 Å². The summed E-state index contributed by atoms with van der Waals surface area (Å²) < 4.78 is 0. The molecule has 96 valence electrons. The van der Waals surface area contributed by atoms with E-state index in [1.807, 2.05) is 13.1 Å². The van der Waals surface area contributed by atoms with Crippen molar-refractivity contribution >= 4 is 22.9 Å². The molecule has 0 aliphatic carbocycles. The van der Waals surface area contributed by atoms with E-state index in [-0.39, 0.29) is 0 Å². The molecule has 1 aromatic heterocycles. The third-order valence-corrected chi connectivity index (χ3v) is 4.39. The summed E-state index contributed by atoms with van der Waals surface area (Å²) in [5.74, 6) is 0. The van der Waals surface area contributed by atoms with Crippen LogP contribution in [0.15, 0.2) is 35.0 Å². The van der Waals surface area contributed by atoms with E-state index in [4.69, 9.17) is 11.6 Å². The van der Waals surface area contributed by atoms with Gasteiger partial charge in [0.2, 0.25) is 0 Å². The fourth-order valence-corrected chi connectivity index (χ4v) is 2.93. The maximum Gasteiger partial charge on any atom is 0.0435 e. The van der Waals surface area contributed by atoms with Crippen LogP contribution < -0.4 is 5.32 Å². The third-order valence-electron chi connectivity index (χ3n) is 3.23. The Morgan fingerprint density at radius 1 is 1.33 bits per heavy atom. The molecule has 1 heterocycles. The van der Waals surface area contributed by atoms with Crippen molar-refractivity contribution in [2.45, 2.75) is 25.8 Å². The molecule has 0 bridgehead atoms. The molecule has 0 aliphatic rings. The summed E-state index contributed by atoms with van der Waals surface area (Å²) in [6.07, 6.45) is 2.21. The summed E-state index contributed by atoms with van der Waals surface area (Å²) in [6.45, 7) is 2.05. The topological polar surface area (TPSA) is 12.0 Å². The average molecular weight is 280 g/mol. The van der Waals surface area contributed by atoms with E-state index in [0.717, 1.165) is 23.4 Å². The van der Waals surface area contributed by atoms with E-state index in [1.54, 1.807) is 11.3 Å². The van der Waals surface area contributed by atoms with Crippen molar-refractivity contribution in [3.05, 3.63) is 56.7 Å². The molecule has 2 rings (SSSR count). The number of rotatable bonds is 5. The Balaban J connectivity index is 2.05. The second-order valence-corrected chi connectivity index (χ2v) is 5.71. The normalized spacial score (nSPS) is 12.6. The van der Waals surface area contributed by atoms with Crippen molar-refractivity contribution in [2.24, 2.45) is 0 Å². The van der Waals surface area contributed by atoms with Crippen LogP contribution in [-0.2, 0) is 6.42 Å². The second-order valence-electron chi connectivity index (χ2n) is 4.52. The number of benzene rings is 1. The maximum atomic E-state index is 6.07. The van der Waals surface area contributed by atoms with Crippen molar-refractivity contribution in [2.75, 3.05) is 7.05 Å². The van der Waals surface area contributed by atoms with Crippen LogP contribution in [0.5, 0.6) is 0 Å². The number of hydrogen-bond acceptors (Lipinski definition) is 2. The van der Waals surface area contributed by atoms with Crippen LogP contribution in [0.2, 0.25) is 5.02 Å². The first-order valence-electron chi connectivity index (χ1n) is 6.15. The van der Waals surface area contributed by atoms with Gasteiger partial charge in [0.1, 0.15) is 0 Å². The molecule has 3 heteroatoms. The monoisotopic (exact) mass is 279 g/mol. The lowest BCUT2D eigenvalue weighted by Crippen LogP contribution is -2.17. The van der Waals surface area contributed by atoms with Crippen molar-refractivity contribution < 1.29 is 0 Å². The third kappa shape index (κ3) is 3.35. The summed E-state index contributed by atoms with van der Waals surface area (Å²) in [4.78, 5) is 0. The average Bonchev–Trinajstić information content (AvgIpc) is 2.87. The Morgan fingerprint density at radius 3 is 2.78 bits per heavy atom. The summed E-state index contributed by atoms with van der Waals surface area (Å²) in [5.41, 5.74) is 3.88. The number of nitrogens with one attached hydrogen (secondary N) is 1. The zero-order chi connectivity index (χ0) is 13.0. The van der Waals surface area contributed by atoms with E-state index in [1.165, 1.54) is 11.1 Å². The molecule has 0 radical (unpaired) electrons. The predicted octanol–water partition coefficient (Wildman–Crippen LogP) is 4.60. The minimum absolute atomic E-state index is 0.390. The molecule has 1 unspecified atom stereocenters. The second kappa shape index (κ2) is 6.37. The van der Waals surface area contributed by atoms with Crippen molar-refractivity contribution in [3.63, 3.8) is 0 Å². The lowest BCUT2D eigenvalue weighted by atomic mass is 9.99. The Kier molecular flexibility index (Phi) is 4.81. The molecule has 0 saturated carbocycles. The van der Waals surface area contributed by atoms with Crippen LogP contribution in [0.3, 0.4) is 0 Å². The Bertz CT molecular complexity index is 493. The highest BCUT2D eigenvalue weighted by atomic mass is 35.5. The van der Waals surface area contributed by atoms with Gasteiger partial charge in [-0.25, -0.2) is 0 Å². The molecule has 1 N–H and O–H groups in total. The molecule has 0 fully saturated rings. The Hall–Kier alpha value is -0.830. The molecule has 1 atom stereocenters. The van der Waals surface area contributed by atoms with Crippen LogP contribution in [0, 0.1) is 6.92 Å². The van der Waals surface area contributed by atoms with Gasteiger partial charge in [0.15, 0.2) is 0 Å². The first-order valence-corrected chi connectivity index (χ1v) is 7.47. The zero-order valence-corrected chi connectivity index (χ0v) is 12.3. The standard InChI is InChI=1S/C15H18ClNS/c1-11-9-13(4-5-14(11)16)15(17-2)6-3-12-7-8-18-10-12/h4-5,7-10,15,17H,3,6H2,1-2H3.